The van der Waals surface area contributed by atoms with Crippen LogP contribution in [-0.2, 0) is 4.79 Å². The van der Waals surface area contributed by atoms with Crippen molar-refractivity contribution in [1.82, 2.24) is 4.98 Å². The zero-order valence-electron chi connectivity index (χ0n) is 10.4. The van der Waals surface area contributed by atoms with Gasteiger partial charge in [-0.15, -0.1) is 0 Å². The summed E-state index contributed by atoms with van der Waals surface area (Å²) in [5, 5.41) is 0.485. The molecule has 1 amide bonds. The third-order valence-electron chi connectivity index (χ3n) is 2.76. The minimum atomic E-state index is -0.555. The largest absolute Gasteiger partial charge is 0.297 e. The molecule has 0 fully saturated rings. The van der Waals surface area contributed by atoms with Gasteiger partial charge >= 0.3 is 0 Å². The first-order chi connectivity index (χ1) is 9.74. The fourth-order valence-corrected chi connectivity index (χ4v) is 1.80. The van der Waals surface area contributed by atoms with Gasteiger partial charge in [0.2, 0.25) is 0 Å². The topological polar surface area (TPSA) is 71.8 Å². The molecule has 5 nitrogen and oxygen atoms in total. The summed E-state index contributed by atoms with van der Waals surface area (Å²) in [6.45, 7) is 0. The van der Waals surface area contributed by atoms with Crippen molar-refractivity contribution in [2.75, 3.05) is 0 Å². The van der Waals surface area contributed by atoms with Crippen LogP contribution < -0.4 is 10.8 Å². The van der Waals surface area contributed by atoms with Crippen LogP contribution in [0.15, 0.2) is 70.4 Å². The summed E-state index contributed by atoms with van der Waals surface area (Å²) < 4.78 is 0. The van der Waals surface area contributed by atoms with E-state index < -0.39 is 5.91 Å². The molecule has 3 rings (SSSR count). The molecule has 5 heteroatoms. The quantitative estimate of drug-likeness (QED) is 0.589. The minimum Gasteiger partial charge on any atom is -0.289 e. The van der Waals surface area contributed by atoms with Crippen LogP contribution in [0.4, 0.5) is 0 Å². The van der Waals surface area contributed by atoms with Crippen LogP contribution in [0, 0.1) is 0 Å². The molecule has 0 radical (unpaired) electrons. The highest BCUT2D eigenvalue weighted by atomic mass is 16.2. The second-order valence-corrected chi connectivity index (χ2v) is 4.13. The van der Waals surface area contributed by atoms with E-state index >= 15 is 0 Å². The van der Waals surface area contributed by atoms with E-state index in [9.17, 15) is 9.59 Å². The highest BCUT2D eigenvalue weighted by Crippen LogP contribution is 2.06. The number of carbonyl (C=O) groups is 2. The third kappa shape index (κ3) is 2.29. The molecule has 1 aromatic carbocycles. The van der Waals surface area contributed by atoms with Gasteiger partial charge in [0.15, 0.2) is 11.3 Å². The highest BCUT2D eigenvalue weighted by molar-refractivity contribution is 6.09. The first kappa shape index (κ1) is 12.1. The van der Waals surface area contributed by atoms with Crippen LogP contribution in [0.25, 0.3) is 0 Å². The number of rotatable bonds is 2. The maximum atomic E-state index is 12.0. The number of nitrogens with zero attached hydrogens (tertiary/aromatic N) is 3. The second kappa shape index (κ2) is 4.97. The number of ketones is 1. The summed E-state index contributed by atoms with van der Waals surface area (Å²) in [5.74, 6) is -0.833. The Hall–Kier alpha value is -2.95. The molecule has 0 unspecified atom stereocenters. The minimum absolute atomic E-state index is 0.0272. The molecule has 0 atom stereocenters. The molecular weight excluding hydrogens is 254 g/mol. The van der Waals surface area contributed by atoms with Gasteiger partial charge in [-0.3, -0.25) is 9.59 Å². The van der Waals surface area contributed by atoms with E-state index in [2.05, 4.69) is 15.0 Å². The van der Waals surface area contributed by atoms with Gasteiger partial charge in [-0.2, -0.15) is 4.99 Å². The fraction of sp³-hybridized carbons (Fsp3) is 0. The van der Waals surface area contributed by atoms with Crippen molar-refractivity contribution >= 4 is 11.7 Å². The van der Waals surface area contributed by atoms with Crippen molar-refractivity contribution in [1.29, 1.82) is 0 Å². The van der Waals surface area contributed by atoms with E-state index in [1.165, 1.54) is 12.3 Å². The van der Waals surface area contributed by atoms with Gasteiger partial charge in [0.05, 0.1) is 0 Å². The first-order valence-electron chi connectivity index (χ1n) is 5.98. The van der Waals surface area contributed by atoms with E-state index in [0.717, 1.165) is 0 Å². The molecule has 1 aliphatic heterocycles. The lowest BCUT2D eigenvalue weighted by Crippen LogP contribution is -2.33. The molecule has 96 valence electrons. The average Bonchev–Trinajstić information content (AvgIpc) is 2.49. The van der Waals surface area contributed by atoms with Crippen molar-refractivity contribution in [3.8, 4) is 0 Å². The number of fused-ring (bicyclic) bond motifs is 1. The number of carbonyl (C=O) groups excluding carboxylic acids is 2. The Morgan fingerprint density at radius 3 is 2.60 bits per heavy atom. The summed E-state index contributed by atoms with van der Waals surface area (Å²) in [5.41, 5.74) is 0.807. The van der Waals surface area contributed by atoms with Crippen molar-refractivity contribution < 1.29 is 9.59 Å². The molecular formula is C15H9N3O2. The Labute approximate surface area is 114 Å². The molecule has 2 aromatic rings. The summed E-state index contributed by atoms with van der Waals surface area (Å²) in [4.78, 5) is 35.7. The van der Waals surface area contributed by atoms with Crippen molar-refractivity contribution in [2.24, 2.45) is 9.98 Å². The summed E-state index contributed by atoms with van der Waals surface area (Å²) in [7, 11) is 0. The zero-order chi connectivity index (χ0) is 13.9. The van der Waals surface area contributed by atoms with Gasteiger partial charge in [-0.25, -0.2) is 9.98 Å². The Morgan fingerprint density at radius 2 is 1.80 bits per heavy atom. The molecule has 0 spiro atoms. The Bertz CT molecular complexity index is 839. The van der Waals surface area contributed by atoms with Crippen LogP contribution in [-0.4, -0.2) is 16.7 Å². The van der Waals surface area contributed by atoms with E-state index in [1.54, 1.807) is 36.4 Å². The lowest BCUT2D eigenvalue weighted by Gasteiger charge is -2.01. The van der Waals surface area contributed by atoms with Crippen molar-refractivity contribution in [3.63, 3.8) is 0 Å². The van der Waals surface area contributed by atoms with Gasteiger partial charge in [-0.05, 0) is 12.1 Å². The zero-order valence-corrected chi connectivity index (χ0v) is 10.4. The van der Waals surface area contributed by atoms with Gasteiger partial charge in [0.1, 0.15) is 11.1 Å². The SMILES string of the molecule is O=C1N=c2ncccc2=N/C1=C\C(=O)c1ccccc1. The highest BCUT2D eigenvalue weighted by Gasteiger charge is 2.14. The number of allylic oxidation sites excluding steroid dienone is 1. The predicted molar refractivity (Wildman–Crippen MR) is 70.4 cm³/mol. The van der Waals surface area contributed by atoms with Crippen LogP contribution in [0.1, 0.15) is 10.4 Å². The van der Waals surface area contributed by atoms with Crippen LogP contribution in [0.3, 0.4) is 0 Å². The molecule has 0 bridgehead atoms. The molecule has 0 N–H and O–H groups in total. The fourth-order valence-electron chi connectivity index (χ4n) is 1.80. The van der Waals surface area contributed by atoms with E-state index in [1.807, 2.05) is 6.07 Å². The normalized spacial score (nSPS) is 15.2. The number of hydrogen-bond donors (Lipinski definition) is 0. The second-order valence-electron chi connectivity index (χ2n) is 4.13. The summed E-state index contributed by atoms with van der Waals surface area (Å²) in [6.07, 6.45) is 2.74. The molecule has 2 heterocycles. The van der Waals surface area contributed by atoms with Crippen molar-refractivity contribution in [3.05, 3.63) is 76.8 Å². The van der Waals surface area contributed by atoms with Crippen LogP contribution in [0.2, 0.25) is 0 Å². The number of aromatic nitrogens is 1. The lowest BCUT2D eigenvalue weighted by atomic mass is 10.1. The number of pyridine rings is 1. The van der Waals surface area contributed by atoms with Crippen LogP contribution >= 0.6 is 0 Å². The van der Waals surface area contributed by atoms with Gasteiger partial charge in [0, 0.05) is 17.8 Å². The maximum Gasteiger partial charge on any atom is 0.297 e. The number of amides is 1. The Morgan fingerprint density at radius 1 is 1.00 bits per heavy atom. The molecule has 20 heavy (non-hydrogen) atoms. The number of hydrogen-bond acceptors (Lipinski definition) is 4. The third-order valence-corrected chi connectivity index (χ3v) is 2.76. The average molecular weight is 263 g/mol. The molecule has 1 aliphatic rings. The predicted octanol–water partition coefficient (Wildman–Crippen LogP) is 0.628. The lowest BCUT2D eigenvalue weighted by molar-refractivity contribution is -0.114. The molecule has 1 aromatic heterocycles. The van der Waals surface area contributed by atoms with Gasteiger partial charge in [-0.1, -0.05) is 30.3 Å². The van der Waals surface area contributed by atoms with E-state index in [-0.39, 0.29) is 17.0 Å². The molecule has 0 aliphatic carbocycles. The smallest absolute Gasteiger partial charge is 0.289 e. The molecule has 0 saturated carbocycles. The monoisotopic (exact) mass is 263 g/mol. The van der Waals surface area contributed by atoms with Gasteiger partial charge in [0.25, 0.3) is 5.91 Å². The summed E-state index contributed by atoms with van der Waals surface area (Å²) >= 11 is 0. The van der Waals surface area contributed by atoms with Gasteiger partial charge < -0.3 is 0 Å². The summed E-state index contributed by atoms with van der Waals surface area (Å²) in [6, 6.07) is 12.1. The van der Waals surface area contributed by atoms with Crippen LogP contribution in [0.5, 0.6) is 0 Å². The first-order valence-corrected chi connectivity index (χ1v) is 5.98. The Balaban J connectivity index is 2.04. The van der Waals surface area contributed by atoms with E-state index in [0.29, 0.717) is 10.9 Å². The standard InChI is InChI=1S/C15H9N3O2/c19-13(10-5-2-1-3-6-10)9-12-15(20)18-14-11(17-12)7-4-8-16-14/h1-9H/b12-9-. The number of benzene rings is 1. The Kier molecular flexibility index (Phi) is 3.01. The maximum absolute atomic E-state index is 12.0. The van der Waals surface area contributed by atoms with E-state index in [4.69, 9.17) is 0 Å². The molecule has 0 saturated heterocycles. The van der Waals surface area contributed by atoms with Crippen molar-refractivity contribution in [2.45, 2.75) is 0 Å².